The molecule has 12 heteroatoms. The van der Waals surface area contributed by atoms with E-state index in [0.29, 0.717) is 42.1 Å². The fraction of sp³-hybridized carbons (Fsp3) is 0.200. The van der Waals surface area contributed by atoms with E-state index in [2.05, 4.69) is 39.5 Å². The quantitative estimate of drug-likeness (QED) is 0.119. The van der Waals surface area contributed by atoms with Gasteiger partial charge in [0.15, 0.2) is 0 Å². The van der Waals surface area contributed by atoms with Crippen molar-refractivity contribution in [3.8, 4) is 17.4 Å². The molecule has 0 bridgehead atoms. The average Bonchev–Trinajstić information content (AvgIpc) is 3.14. The largest absolute Gasteiger partial charge is 0.487 e. The number of nitrogens with one attached hydrogen (secondary N) is 1. The zero-order valence-electron chi connectivity index (χ0n) is 28.2. The number of carbonyl (C=O) groups is 1. The number of ether oxygens (including phenoxy) is 2. The highest BCUT2D eigenvalue weighted by Crippen LogP contribution is 2.30. The van der Waals surface area contributed by atoms with Gasteiger partial charge in [0.25, 0.3) is 0 Å². The molecule has 0 aliphatic carbocycles. The molecule has 0 radical (unpaired) electrons. The minimum atomic E-state index is -0.292. The topological polar surface area (TPSA) is 66.9 Å². The highest BCUT2D eigenvalue weighted by atomic mass is 79.9. The predicted octanol–water partition coefficient (Wildman–Crippen LogP) is 9.55. The summed E-state index contributed by atoms with van der Waals surface area (Å²) in [5.74, 6) is 0.774. The summed E-state index contributed by atoms with van der Waals surface area (Å²) in [6.45, 7) is 4.82. The van der Waals surface area contributed by atoms with Crippen LogP contribution in [0.25, 0.3) is 6.08 Å². The van der Waals surface area contributed by atoms with Crippen LogP contribution in [0.5, 0.6) is 17.4 Å². The smallest absolute Gasteiger partial charge is 0.246 e. The second-order valence-corrected chi connectivity index (χ2v) is 12.4. The van der Waals surface area contributed by atoms with Gasteiger partial charge in [-0.1, -0.05) is 54.1 Å². The summed E-state index contributed by atoms with van der Waals surface area (Å²) in [6.07, 6.45) is 5.76. The fourth-order valence-electron chi connectivity index (χ4n) is 5.46. The predicted molar refractivity (Wildman–Crippen MR) is 213 cm³/mol. The average molecular weight is 857 g/mol. The second-order valence-electron chi connectivity index (χ2n) is 12.0. The van der Waals surface area contributed by atoms with Crippen LogP contribution in [0.2, 0.25) is 5.02 Å². The molecular weight excluding hydrogens is 818 g/mol. The van der Waals surface area contributed by atoms with E-state index in [1.807, 2.05) is 11.0 Å². The third-order valence-corrected chi connectivity index (χ3v) is 8.61. The fourth-order valence-corrected chi connectivity index (χ4v) is 5.69. The molecular formula is C40H39Br2ClF2N4O3. The van der Waals surface area contributed by atoms with Crippen molar-refractivity contribution >= 4 is 63.2 Å². The van der Waals surface area contributed by atoms with Gasteiger partial charge in [0.05, 0.1) is 11.2 Å². The molecule has 1 aliphatic rings. The van der Waals surface area contributed by atoms with E-state index in [1.165, 1.54) is 35.4 Å². The number of rotatable bonds is 13. The number of nitrogens with zero attached hydrogens (tertiary/aromatic N) is 3. The lowest BCUT2D eigenvalue weighted by Gasteiger charge is -2.34. The number of halogens is 5. The van der Waals surface area contributed by atoms with Gasteiger partial charge in [-0.2, -0.15) is 0 Å². The molecule has 0 atom stereocenters. The van der Waals surface area contributed by atoms with Gasteiger partial charge in [-0.05, 0) is 89.3 Å². The van der Waals surface area contributed by atoms with Crippen molar-refractivity contribution in [2.24, 2.45) is 0 Å². The number of benzene rings is 4. The Hall–Kier alpha value is -4.29. The van der Waals surface area contributed by atoms with Crippen LogP contribution in [-0.4, -0.2) is 53.4 Å². The number of anilines is 1. The number of hydrogen-bond acceptors (Lipinski definition) is 6. The number of carbonyl (C=O) groups excluding carboxylic acids is 1. The monoisotopic (exact) mass is 854 g/mol. The van der Waals surface area contributed by atoms with Crippen molar-refractivity contribution in [2.75, 3.05) is 38.0 Å². The molecule has 1 saturated heterocycles. The molecule has 0 saturated carbocycles. The Kier molecular flexibility index (Phi) is 15.6. The first kappa shape index (κ1) is 40.5. The minimum absolute atomic E-state index is 0. The summed E-state index contributed by atoms with van der Waals surface area (Å²) < 4.78 is 37.7. The van der Waals surface area contributed by atoms with E-state index in [9.17, 15) is 13.6 Å². The summed E-state index contributed by atoms with van der Waals surface area (Å²) in [4.78, 5) is 21.4. The maximum Gasteiger partial charge on any atom is 0.246 e. The third kappa shape index (κ3) is 12.2. The molecule has 272 valence electrons. The van der Waals surface area contributed by atoms with Crippen LogP contribution in [-0.2, 0) is 24.4 Å². The van der Waals surface area contributed by atoms with Crippen molar-refractivity contribution in [1.29, 1.82) is 0 Å². The van der Waals surface area contributed by atoms with Crippen LogP contribution >= 0.6 is 45.6 Å². The van der Waals surface area contributed by atoms with E-state index in [1.54, 1.807) is 66.9 Å². The highest BCUT2D eigenvalue weighted by molar-refractivity contribution is 8.93. The van der Waals surface area contributed by atoms with Crippen molar-refractivity contribution in [3.05, 3.63) is 154 Å². The van der Waals surface area contributed by atoms with E-state index in [0.717, 1.165) is 49.4 Å². The molecule has 1 fully saturated rings. The molecule has 1 N–H and O–H groups in total. The summed E-state index contributed by atoms with van der Waals surface area (Å²) in [5, 5.41) is 3.71. The summed E-state index contributed by atoms with van der Waals surface area (Å²) >= 11 is 6.49. The maximum atomic E-state index is 13.1. The van der Waals surface area contributed by atoms with Gasteiger partial charge in [-0.15, -0.1) is 34.0 Å². The summed E-state index contributed by atoms with van der Waals surface area (Å²) in [5.41, 5.74) is 5.01. The van der Waals surface area contributed by atoms with Gasteiger partial charge in [0, 0.05) is 57.1 Å². The Labute approximate surface area is 328 Å². The molecule has 52 heavy (non-hydrogen) atoms. The van der Waals surface area contributed by atoms with E-state index in [-0.39, 0.29) is 51.5 Å². The summed E-state index contributed by atoms with van der Waals surface area (Å²) in [7, 11) is 0. The molecule has 6 rings (SSSR count). The Morgan fingerprint density at radius 2 is 1.46 bits per heavy atom. The van der Waals surface area contributed by atoms with Gasteiger partial charge < -0.3 is 19.7 Å². The van der Waals surface area contributed by atoms with Crippen LogP contribution < -0.4 is 14.8 Å². The van der Waals surface area contributed by atoms with Crippen molar-refractivity contribution in [3.63, 3.8) is 0 Å². The first-order chi connectivity index (χ1) is 24.4. The van der Waals surface area contributed by atoms with Gasteiger partial charge in [-0.25, -0.2) is 13.8 Å². The molecule has 0 unspecified atom stereocenters. The van der Waals surface area contributed by atoms with Crippen molar-refractivity contribution in [2.45, 2.75) is 19.6 Å². The van der Waals surface area contributed by atoms with Gasteiger partial charge >= 0.3 is 0 Å². The number of piperazine rings is 1. The van der Waals surface area contributed by atoms with Gasteiger partial charge in [0.2, 0.25) is 11.8 Å². The highest BCUT2D eigenvalue weighted by Gasteiger charge is 2.19. The van der Waals surface area contributed by atoms with Gasteiger partial charge in [-0.3, -0.25) is 9.69 Å². The van der Waals surface area contributed by atoms with Crippen LogP contribution in [0, 0.1) is 11.6 Å². The second kappa shape index (κ2) is 20.1. The van der Waals surface area contributed by atoms with Gasteiger partial charge in [0.1, 0.15) is 29.7 Å². The molecule has 5 aromatic rings. The molecule has 2 heterocycles. The van der Waals surface area contributed by atoms with Crippen molar-refractivity contribution in [1.82, 2.24) is 14.8 Å². The Bertz CT molecular complexity index is 1890. The lowest BCUT2D eigenvalue weighted by molar-refractivity contribution is -0.127. The normalized spacial score (nSPS) is 12.9. The number of hydrogen-bond donors (Lipinski definition) is 1. The Balaban J connectivity index is 0.00000302. The Morgan fingerprint density at radius 1 is 0.808 bits per heavy atom. The first-order valence-electron chi connectivity index (χ1n) is 16.4. The molecule has 7 nitrogen and oxygen atoms in total. The Morgan fingerprint density at radius 3 is 2.12 bits per heavy atom. The van der Waals surface area contributed by atoms with Crippen LogP contribution in [0.15, 0.2) is 115 Å². The van der Waals surface area contributed by atoms with Crippen LogP contribution in [0.3, 0.4) is 0 Å². The lowest BCUT2D eigenvalue weighted by atomic mass is 10.1. The number of pyridine rings is 1. The standard InChI is InChI=1S/C40H37ClF2N4O3.2BrH/c41-37-25-30(7-16-38(37)50-39-17-15-36(26-45-39)49-28-32-5-9-33(42)10-6-32)8-18-40(48)47-23-21-46(22-24-47)27-31-3-1-29(2-4-31)19-20-44-35-13-11-34(43)12-14-35;;/h1-18,25-26,44H,19-24,27-28H2;2*1H/b18-8+;;. The molecule has 1 amide bonds. The zero-order chi connectivity index (χ0) is 34.7. The SMILES string of the molecule is Br.Br.O=C(/C=C/c1ccc(Oc2ccc(OCc3ccc(F)cc3)cn2)c(Cl)c1)N1CCN(Cc2ccc(CCNc3ccc(F)cc3)cc2)CC1. The molecule has 1 aromatic heterocycles. The van der Waals surface area contributed by atoms with Crippen LogP contribution in [0.4, 0.5) is 14.5 Å². The molecule has 0 spiro atoms. The van der Waals surface area contributed by atoms with E-state index in [4.69, 9.17) is 21.1 Å². The zero-order valence-corrected chi connectivity index (χ0v) is 32.4. The lowest BCUT2D eigenvalue weighted by Crippen LogP contribution is -2.47. The van der Waals surface area contributed by atoms with Crippen molar-refractivity contribution < 1.29 is 23.0 Å². The number of aromatic nitrogens is 1. The number of amides is 1. The maximum absolute atomic E-state index is 13.1. The minimum Gasteiger partial charge on any atom is -0.487 e. The molecule has 1 aliphatic heterocycles. The van der Waals surface area contributed by atoms with E-state index < -0.39 is 0 Å². The van der Waals surface area contributed by atoms with E-state index >= 15 is 0 Å². The summed E-state index contributed by atoms with van der Waals surface area (Å²) in [6, 6.07) is 29.9. The molecule has 4 aromatic carbocycles. The van der Waals surface area contributed by atoms with Crippen LogP contribution in [0.1, 0.15) is 22.3 Å². The third-order valence-electron chi connectivity index (χ3n) is 8.32. The first-order valence-corrected chi connectivity index (χ1v) is 16.8.